The number of rotatable bonds is 11. The van der Waals surface area contributed by atoms with Crippen molar-refractivity contribution in [1.29, 1.82) is 0 Å². The predicted octanol–water partition coefficient (Wildman–Crippen LogP) is 3.67. The normalized spacial score (nSPS) is 11.1. The summed E-state index contributed by atoms with van der Waals surface area (Å²) in [6.07, 6.45) is 1.57. The summed E-state index contributed by atoms with van der Waals surface area (Å²) >= 11 is 1.43. The van der Waals surface area contributed by atoms with Gasteiger partial charge in [0.2, 0.25) is 5.91 Å². The summed E-state index contributed by atoms with van der Waals surface area (Å²) in [5.74, 6) is 0.493. The Labute approximate surface area is 208 Å². The molecule has 0 spiro atoms. The van der Waals surface area contributed by atoms with Crippen molar-refractivity contribution in [2.24, 2.45) is 5.92 Å². The quantitative estimate of drug-likeness (QED) is 0.415. The molecule has 0 unspecified atom stereocenters. The van der Waals surface area contributed by atoms with Crippen LogP contribution in [0.15, 0.2) is 39.2 Å². The first kappa shape index (κ1) is 26.2. The number of nitrogens with two attached hydrogens (primary N) is 1. The highest BCUT2D eigenvalue weighted by Gasteiger charge is 2.26. The molecule has 0 aliphatic rings. The minimum absolute atomic E-state index is 0.00538. The van der Waals surface area contributed by atoms with Crippen LogP contribution in [0.5, 0.6) is 5.75 Å². The van der Waals surface area contributed by atoms with Crippen molar-refractivity contribution >= 4 is 28.7 Å². The molecule has 2 heterocycles. The Bertz CT molecular complexity index is 1280. The maximum Gasteiger partial charge on any atom is 0.330 e. The van der Waals surface area contributed by atoms with Crippen LogP contribution in [0.25, 0.3) is 10.6 Å². The van der Waals surface area contributed by atoms with E-state index >= 15 is 0 Å². The van der Waals surface area contributed by atoms with Crippen molar-refractivity contribution in [3.8, 4) is 16.3 Å². The highest BCUT2D eigenvalue weighted by atomic mass is 32.1. The van der Waals surface area contributed by atoms with E-state index < -0.39 is 11.2 Å². The van der Waals surface area contributed by atoms with Crippen molar-refractivity contribution in [3.05, 3.63) is 56.2 Å². The zero-order chi connectivity index (χ0) is 25.5. The topological polar surface area (TPSA) is 123 Å². The number of aromatic amines is 1. The van der Waals surface area contributed by atoms with Crippen LogP contribution in [0.1, 0.15) is 46.2 Å². The molecule has 0 aliphatic heterocycles. The number of thiazole rings is 1. The number of anilines is 2. The van der Waals surface area contributed by atoms with E-state index in [-0.39, 0.29) is 36.3 Å². The number of aromatic nitrogens is 3. The molecule has 35 heavy (non-hydrogen) atoms. The number of carbonyl (C=O) groups excluding carboxylic acids is 1. The largest absolute Gasteiger partial charge is 0.493 e. The maximum atomic E-state index is 13.4. The zero-order valence-corrected chi connectivity index (χ0v) is 21.5. The highest BCUT2D eigenvalue weighted by Crippen LogP contribution is 2.32. The standard InChI is InChI=1S/C25H33N5O4S/c1-5-7-12-29-22(26)21(23(32)28-25(29)33)30(14-16(3)4)20(31)13-17-15-35-24(27-17)18-10-8-9-11-19(18)34-6-2/h8-11,15-16H,5-7,12-14,26H2,1-4H3,(H,28,32,33). The molecule has 10 heteroatoms. The number of H-pyrrole nitrogens is 1. The second-order valence-electron chi connectivity index (χ2n) is 8.65. The molecule has 1 amide bonds. The van der Waals surface area contributed by atoms with Crippen LogP contribution < -0.4 is 26.6 Å². The number of unbranched alkanes of at least 4 members (excludes halogenated alkanes) is 1. The number of nitrogens with one attached hydrogen (secondary N) is 1. The Morgan fingerprint density at radius 1 is 1.26 bits per heavy atom. The number of hydrogen-bond acceptors (Lipinski definition) is 7. The summed E-state index contributed by atoms with van der Waals surface area (Å²) in [6, 6.07) is 7.63. The van der Waals surface area contributed by atoms with Crippen molar-refractivity contribution in [2.45, 2.75) is 53.5 Å². The van der Waals surface area contributed by atoms with E-state index in [1.54, 1.807) is 0 Å². The van der Waals surface area contributed by atoms with Crippen molar-refractivity contribution in [2.75, 3.05) is 23.8 Å². The molecule has 9 nitrogen and oxygen atoms in total. The molecule has 0 fully saturated rings. The third-order valence-corrected chi connectivity index (χ3v) is 6.29. The predicted molar refractivity (Wildman–Crippen MR) is 140 cm³/mol. The second kappa shape index (κ2) is 11.8. The Kier molecular flexibility index (Phi) is 8.86. The van der Waals surface area contributed by atoms with Gasteiger partial charge >= 0.3 is 5.69 Å². The van der Waals surface area contributed by atoms with Gasteiger partial charge in [0, 0.05) is 18.5 Å². The van der Waals surface area contributed by atoms with Gasteiger partial charge < -0.3 is 15.4 Å². The van der Waals surface area contributed by atoms with Gasteiger partial charge in [0.1, 0.15) is 16.6 Å². The third kappa shape index (κ3) is 6.19. The van der Waals surface area contributed by atoms with Crippen LogP contribution in [-0.2, 0) is 17.8 Å². The SMILES string of the molecule is CCCCn1c(N)c(N(CC(C)C)C(=O)Cc2csc(-c3ccccc3OCC)n2)c(=O)[nH]c1=O. The summed E-state index contributed by atoms with van der Waals surface area (Å²) in [5.41, 5.74) is 6.50. The molecule has 2 aromatic heterocycles. The fourth-order valence-electron chi connectivity index (χ4n) is 3.75. The number of nitrogens with zero attached hydrogens (tertiary/aromatic N) is 3. The lowest BCUT2D eigenvalue weighted by Gasteiger charge is -2.26. The van der Waals surface area contributed by atoms with E-state index in [4.69, 9.17) is 10.5 Å². The summed E-state index contributed by atoms with van der Waals surface area (Å²) in [6.45, 7) is 8.99. The minimum Gasteiger partial charge on any atom is -0.493 e. The molecule has 0 atom stereocenters. The van der Waals surface area contributed by atoms with Crippen LogP contribution in [0.4, 0.5) is 11.5 Å². The van der Waals surface area contributed by atoms with Crippen molar-refractivity contribution in [1.82, 2.24) is 14.5 Å². The molecule has 0 aliphatic carbocycles. The van der Waals surface area contributed by atoms with E-state index in [0.717, 1.165) is 29.2 Å². The van der Waals surface area contributed by atoms with Gasteiger partial charge in [0.15, 0.2) is 5.69 Å². The molecule has 1 aromatic carbocycles. The van der Waals surface area contributed by atoms with Gasteiger partial charge in [-0.05, 0) is 31.4 Å². The third-order valence-electron chi connectivity index (χ3n) is 5.37. The summed E-state index contributed by atoms with van der Waals surface area (Å²) in [5, 5.41) is 2.58. The van der Waals surface area contributed by atoms with Gasteiger partial charge in [-0.15, -0.1) is 11.3 Å². The monoisotopic (exact) mass is 499 g/mol. The van der Waals surface area contributed by atoms with Gasteiger partial charge in [0.05, 0.1) is 24.3 Å². The molecular formula is C25H33N5O4S. The van der Waals surface area contributed by atoms with Crippen LogP contribution >= 0.6 is 11.3 Å². The van der Waals surface area contributed by atoms with E-state index in [9.17, 15) is 14.4 Å². The van der Waals surface area contributed by atoms with Gasteiger partial charge in [-0.1, -0.05) is 39.3 Å². The van der Waals surface area contributed by atoms with Gasteiger partial charge in [-0.2, -0.15) is 0 Å². The highest BCUT2D eigenvalue weighted by molar-refractivity contribution is 7.13. The fraction of sp³-hybridized carbons (Fsp3) is 0.440. The molecule has 188 valence electrons. The lowest BCUT2D eigenvalue weighted by molar-refractivity contribution is -0.118. The minimum atomic E-state index is -0.668. The fourth-order valence-corrected chi connectivity index (χ4v) is 4.60. The number of nitrogen functional groups attached to an aromatic ring is 1. The second-order valence-corrected chi connectivity index (χ2v) is 9.50. The van der Waals surface area contributed by atoms with E-state index in [0.29, 0.717) is 18.8 Å². The molecule has 3 aromatic rings. The summed E-state index contributed by atoms with van der Waals surface area (Å²) in [7, 11) is 0. The van der Waals surface area contributed by atoms with Crippen LogP contribution in [-0.4, -0.2) is 33.6 Å². The number of carbonyl (C=O) groups is 1. The van der Waals surface area contributed by atoms with E-state index in [1.807, 2.05) is 57.3 Å². The molecule has 3 rings (SSSR count). The van der Waals surface area contributed by atoms with Crippen LogP contribution in [0.2, 0.25) is 0 Å². The van der Waals surface area contributed by atoms with Crippen LogP contribution in [0.3, 0.4) is 0 Å². The zero-order valence-electron chi connectivity index (χ0n) is 20.7. The summed E-state index contributed by atoms with van der Waals surface area (Å²) < 4.78 is 7.03. The Morgan fingerprint density at radius 3 is 2.69 bits per heavy atom. The number of benzene rings is 1. The molecule has 0 bridgehead atoms. The van der Waals surface area contributed by atoms with Crippen molar-refractivity contribution in [3.63, 3.8) is 0 Å². The lowest BCUT2D eigenvalue weighted by atomic mass is 10.1. The van der Waals surface area contributed by atoms with Gasteiger partial charge in [-0.3, -0.25) is 19.1 Å². The number of ether oxygens (including phenoxy) is 1. The first-order valence-electron chi connectivity index (χ1n) is 11.9. The number of para-hydroxylation sites is 1. The van der Waals surface area contributed by atoms with Crippen LogP contribution in [0, 0.1) is 5.92 Å². The van der Waals surface area contributed by atoms with Gasteiger partial charge in [-0.25, -0.2) is 9.78 Å². The molecule has 0 saturated carbocycles. The number of hydrogen-bond donors (Lipinski definition) is 2. The molecule has 0 radical (unpaired) electrons. The van der Waals surface area contributed by atoms with E-state index in [1.165, 1.54) is 20.8 Å². The van der Waals surface area contributed by atoms with E-state index in [2.05, 4.69) is 9.97 Å². The first-order chi connectivity index (χ1) is 16.8. The Morgan fingerprint density at radius 2 is 2.00 bits per heavy atom. The Hall–Kier alpha value is -3.40. The first-order valence-corrected chi connectivity index (χ1v) is 12.7. The molecular weight excluding hydrogens is 466 g/mol. The summed E-state index contributed by atoms with van der Waals surface area (Å²) in [4.78, 5) is 46.9. The number of amides is 1. The average molecular weight is 500 g/mol. The van der Waals surface area contributed by atoms with Gasteiger partial charge in [0.25, 0.3) is 5.56 Å². The smallest absolute Gasteiger partial charge is 0.330 e. The van der Waals surface area contributed by atoms with Crippen molar-refractivity contribution < 1.29 is 9.53 Å². The average Bonchev–Trinajstić information content (AvgIpc) is 3.26. The lowest BCUT2D eigenvalue weighted by Crippen LogP contribution is -2.43. The Balaban J connectivity index is 1.94. The molecule has 3 N–H and O–H groups in total. The molecule has 0 saturated heterocycles. The maximum absolute atomic E-state index is 13.4.